The lowest BCUT2D eigenvalue weighted by Gasteiger charge is -2.56. The largest absolute Gasteiger partial charge is 0.495 e. The van der Waals surface area contributed by atoms with E-state index in [1.165, 1.54) is 45.6 Å². The third-order valence-electron chi connectivity index (χ3n) is 6.58. The Morgan fingerprint density at radius 2 is 1.74 bits per heavy atom. The van der Waals surface area contributed by atoms with Crippen molar-refractivity contribution in [3.05, 3.63) is 23.2 Å². The zero-order chi connectivity index (χ0) is 19.0. The first-order valence-corrected chi connectivity index (χ1v) is 10.2. The predicted octanol–water partition coefficient (Wildman–Crippen LogP) is 4.01. The van der Waals surface area contributed by atoms with Gasteiger partial charge in [-0.15, -0.1) is 0 Å². The van der Waals surface area contributed by atoms with Crippen LogP contribution in [0.3, 0.4) is 0 Å². The second-order valence-electron chi connectivity index (χ2n) is 8.76. The highest BCUT2D eigenvalue weighted by molar-refractivity contribution is 6.31. The van der Waals surface area contributed by atoms with Crippen LogP contribution in [0.1, 0.15) is 44.9 Å². The van der Waals surface area contributed by atoms with Crippen molar-refractivity contribution < 1.29 is 14.3 Å². The molecular formula is C21H27ClN2O3. The molecule has 5 nitrogen and oxygen atoms in total. The van der Waals surface area contributed by atoms with Crippen LogP contribution in [0.25, 0.3) is 0 Å². The van der Waals surface area contributed by atoms with Crippen molar-refractivity contribution in [2.45, 2.75) is 44.9 Å². The average Bonchev–Trinajstić information content (AvgIpc) is 2.58. The average molecular weight is 391 g/mol. The fraction of sp³-hybridized carbons (Fsp3) is 0.619. The molecule has 1 aromatic carbocycles. The van der Waals surface area contributed by atoms with E-state index in [2.05, 4.69) is 10.6 Å². The van der Waals surface area contributed by atoms with Gasteiger partial charge in [-0.1, -0.05) is 11.6 Å². The molecule has 4 saturated carbocycles. The molecule has 1 aromatic rings. The maximum Gasteiger partial charge on any atom is 0.243 e. The summed E-state index contributed by atoms with van der Waals surface area (Å²) in [5.41, 5.74) is 0.691. The first kappa shape index (κ1) is 18.6. The maximum absolute atomic E-state index is 12.5. The second kappa shape index (κ2) is 7.34. The summed E-state index contributed by atoms with van der Waals surface area (Å²) >= 11 is 5.98. The van der Waals surface area contributed by atoms with Gasteiger partial charge in [0.2, 0.25) is 11.8 Å². The molecule has 0 atom stereocenters. The normalized spacial score (nSPS) is 30.8. The van der Waals surface area contributed by atoms with Gasteiger partial charge < -0.3 is 15.4 Å². The van der Waals surface area contributed by atoms with E-state index in [-0.39, 0.29) is 23.8 Å². The molecule has 4 fully saturated rings. The van der Waals surface area contributed by atoms with Gasteiger partial charge in [-0.3, -0.25) is 9.59 Å². The van der Waals surface area contributed by atoms with E-state index in [0.717, 1.165) is 17.8 Å². The number of methoxy groups -OCH3 is 1. The van der Waals surface area contributed by atoms with E-state index in [0.29, 0.717) is 22.9 Å². The SMILES string of the molecule is COc1ccc(Cl)cc1NC(=O)CNC(=O)CC12CC3CC(CC(C3)C1)C2. The Balaban J connectivity index is 1.29. The minimum absolute atomic E-state index is 0.00911. The van der Waals surface area contributed by atoms with E-state index in [1.807, 2.05) is 0 Å². The fourth-order valence-electron chi connectivity index (χ4n) is 6.06. The summed E-state index contributed by atoms with van der Waals surface area (Å²) in [6.07, 6.45) is 8.24. The number of ether oxygens (including phenoxy) is 1. The van der Waals surface area contributed by atoms with Crippen molar-refractivity contribution in [3.63, 3.8) is 0 Å². The van der Waals surface area contributed by atoms with E-state index in [9.17, 15) is 9.59 Å². The van der Waals surface area contributed by atoms with Gasteiger partial charge in [0.05, 0.1) is 19.3 Å². The Bertz CT molecular complexity index is 714. The molecule has 4 aliphatic rings. The molecule has 0 aromatic heterocycles. The number of hydrogen-bond acceptors (Lipinski definition) is 3. The molecule has 2 N–H and O–H groups in total. The number of halogens is 1. The molecule has 0 saturated heterocycles. The van der Waals surface area contributed by atoms with Gasteiger partial charge in [0.25, 0.3) is 0 Å². The van der Waals surface area contributed by atoms with Crippen molar-refractivity contribution in [1.29, 1.82) is 0 Å². The number of carbonyl (C=O) groups is 2. The van der Waals surface area contributed by atoms with Crippen molar-refractivity contribution in [2.75, 3.05) is 19.0 Å². The Morgan fingerprint density at radius 1 is 1.11 bits per heavy atom. The first-order chi connectivity index (χ1) is 12.9. The van der Waals surface area contributed by atoms with Crippen LogP contribution >= 0.6 is 11.6 Å². The van der Waals surface area contributed by atoms with Gasteiger partial charge in [0.1, 0.15) is 5.75 Å². The van der Waals surface area contributed by atoms with Crippen LogP contribution in [-0.4, -0.2) is 25.5 Å². The van der Waals surface area contributed by atoms with Crippen LogP contribution < -0.4 is 15.4 Å². The molecule has 4 bridgehead atoms. The molecule has 0 spiro atoms. The third-order valence-corrected chi connectivity index (χ3v) is 6.82. The molecule has 0 unspecified atom stereocenters. The molecule has 6 heteroatoms. The zero-order valence-corrected chi connectivity index (χ0v) is 16.5. The minimum atomic E-state index is -0.283. The molecule has 27 heavy (non-hydrogen) atoms. The standard InChI is InChI=1S/C21H27ClN2O3/c1-27-18-3-2-16(22)7-17(18)24-20(26)12-23-19(25)11-21-8-13-4-14(9-21)6-15(5-13)10-21/h2-3,7,13-15H,4-6,8-12H2,1H3,(H,23,25)(H,24,26). The number of carbonyl (C=O) groups excluding carboxylic acids is 2. The van der Waals surface area contributed by atoms with Gasteiger partial charge in [0.15, 0.2) is 0 Å². The van der Waals surface area contributed by atoms with Crippen molar-refractivity contribution in [2.24, 2.45) is 23.2 Å². The topological polar surface area (TPSA) is 67.4 Å². The summed E-state index contributed by atoms with van der Waals surface area (Å²) in [6, 6.07) is 5.03. The molecule has 0 radical (unpaired) electrons. The maximum atomic E-state index is 12.5. The van der Waals surface area contributed by atoms with Crippen molar-refractivity contribution in [3.8, 4) is 5.75 Å². The van der Waals surface area contributed by atoms with Crippen LogP contribution in [0.5, 0.6) is 5.75 Å². The number of nitrogens with one attached hydrogen (secondary N) is 2. The van der Waals surface area contributed by atoms with Gasteiger partial charge in [0, 0.05) is 11.4 Å². The summed E-state index contributed by atoms with van der Waals surface area (Å²) in [5, 5.41) is 6.07. The molecule has 5 rings (SSSR count). The molecule has 2 amide bonds. The fourth-order valence-corrected chi connectivity index (χ4v) is 6.23. The van der Waals surface area contributed by atoms with E-state index < -0.39 is 0 Å². The Morgan fingerprint density at radius 3 is 2.33 bits per heavy atom. The summed E-state index contributed by atoms with van der Waals surface area (Å²) in [5.74, 6) is 2.71. The number of amides is 2. The van der Waals surface area contributed by atoms with Crippen molar-refractivity contribution in [1.82, 2.24) is 5.32 Å². The van der Waals surface area contributed by atoms with Gasteiger partial charge >= 0.3 is 0 Å². The summed E-state index contributed by atoms with van der Waals surface area (Å²) in [4.78, 5) is 24.8. The highest BCUT2D eigenvalue weighted by Gasteiger charge is 2.51. The highest BCUT2D eigenvalue weighted by Crippen LogP contribution is 2.61. The zero-order valence-electron chi connectivity index (χ0n) is 15.7. The summed E-state index contributed by atoms with van der Waals surface area (Å²) in [7, 11) is 1.53. The summed E-state index contributed by atoms with van der Waals surface area (Å²) < 4.78 is 5.22. The lowest BCUT2D eigenvalue weighted by atomic mass is 9.49. The first-order valence-electron chi connectivity index (χ1n) is 9.85. The number of anilines is 1. The number of hydrogen-bond donors (Lipinski definition) is 2. The third kappa shape index (κ3) is 4.08. The molecule has 4 aliphatic carbocycles. The molecule has 0 heterocycles. The Kier molecular flexibility index (Phi) is 5.06. The highest BCUT2D eigenvalue weighted by atomic mass is 35.5. The van der Waals surface area contributed by atoms with Crippen molar-refractivity contribution >= 4 is 29.1 Å². The van der Waals surface area contributed by atoms with E-state index >= 15 is 0 Å². The predicted molar refractivity (Wildman–Crippen MR) is 105 cm³/mol. The Hall–Kier alpha value is -1.75. The second-order valence-corrected chi connectivity index (χ2v) is 9.20. The van der Waals surface area contributed by atoms with Gasteiger partial charge in [-0.25, -0.2) is 0 Å². The lowest BCUT2D eigenvalue weighted by molar-refractivity contribution is -0.131. The smallest absolute Gasteiger partial charge is 0.243 e. The van der Waals surface area contributed by atoms with Crippen LogP contribution in [0, 0.1) is 23.2 Å². The Labute approximate surface area is 165 Å². The molecule has 146 valence electrons. The molecule has 0 aliphatic heterocycles. The quantitative estimate of drug-likeness (QED) is 0.771. The number of benzene rings is 1. The number of rotatable bonds is 6. The monoisotopic (exact) mass is 390 g/mol. The molecular weight excluding hydrogens is 364 g/mol. The van der Waals surface area contributed by atoms with Gasteiger partial charge in [-0.2, -0.15) is 0 Å². The summed E-state index contributed by atoms with van der Waals surface area (Å²) in [6.45, 7) is -0.0408. The van der Waals surface area contributed by atoms with E-state index in [1.54, 1.807) is 18.2 Å². The minimum Gasteiger partial charge on any atom is -0.495 e. The van der Waals surface area contributed by atoms with E-state index in [4.69, 9.17) is 16.3 Å². The van der Waals surface area contributed by atoms with Gasteiger partial charge in [-0.05, 0) is 79.9 Å². The van der Waals surface area contributed by atoms with Crippen LogP contribution in [-0.2, 0) is 9.59 Å². The van der Waals surface area contributed by atoms with Crippen LogP contribution in [0.2, 0.25) is 5.02 Å². The van der Waals surface area contributed by atoms with Crippen LogP contribution in [0.4, 0.5) is 5.69 Å². The lowest BCUT2D eigenvalue weighted by Crippen LogP contribution is -2.48. The van der Waals surface area contributed by atoms with Crippen LogP contribution in [0.15, 0.2) is 18.2 Å².